The summed E-state index contributed by atoms with van der Waals surface area (Å²) in [6, 6.07) is 0.473. The Labute approximate surface area is 87.8 Å². The summed E-state index contributed by atoms with van der Waals surface area (Å²) < 4.78 is 21.2. The van der Waals surface area contributed by atoms with Crippen molar-refractivity contribution in [1.82, 2.24) is 5.32 Å². The van der Waals surface area contributed by atoms with E-state index in [-0.39, 0.29) is 6.29 Å². The minimum atomic E-state index is -0.581. The molecule has 0 unspecified atom stereocenters. The van der Waals surface area contributed by atoms with E-state index < -0.39 is 10.8 Å². The van der Waals surface area contributed by atoms with Crippen LogP contribution in [0.3, 0.4) is 0 Å². The van der Waals surface area contributed by atoms with Gasteiger partial charge in [-0.05, 0) is 12.8 Å². The lowest BCUT2D eigenvalue weighted by atomic mass is 10.1. The van der Waals surface area contributed by atoms with Crippen molar-refractivity contribution in [2.45, 2.75) is 25.2 Å². The number of rotatable bonds is 5. The van der Waals surface area contributed by atoms with Crippen LogP contribution < -0.4 is 5.32 Å². The minimum Gasteiger partial charge on any atom is -0.355 e. The first-order valence-corrected chi connectivity index (χ1v) is 6.39. The van der Waals surface area contributed by atoms with E-state index in [1.54, 1.807) is 14.2 Å². The van der Waals surface area contributed by atoms with Crippen molar-refractivity contribution in [3.8, 4) is 0 Å². The molecule has 5 heteroatoms. The lowest BCUT2D eigenvalue weighted by Gasteiger charge is -2.24. The Morgan fingerprint density at radius 2 is 1.93 bits per heavy atom. The molecule has 0 saturated carbocycles. The Bertz CT molecular complexity index is 175. The summed E-state index contributed by atoms with van der Waals surface area (Å²) >= 11 is 0. The molecule has 0 spiro atoms. The highest BCUT2D eigenvalue weighted by molar-refractivity contribution is 7.85. The second-order valence-electron chi connectivity index (χ2n) is 3.43. The lowest BCUT2D eigenvalue weighted by Crippen LogP contribution is -2.40. The van der Waals surface area contributed by atoms with Crippen LogP contribution in [0.15, 0.2) is 0 Å². The SMILES string of the molecule is COC(CNC1CCS(=O)CC1)OC. The van der Waals surface area contributed by atoms with Gasteiger partial charge in [0.2, 0.25) is 0 Å². The normalized spacial score (nSPS) is 28.2. The largest absolute Gasteiger partial charge is 0.355 e. The van der Waals surface area contributed by atoms with Gasteiger partial charge in [-0.25, -0.2) is 0 Å². The third-order valence-electron chi connectivity index (χ3n) is 2.49. The highest BCUT2D eigenvalue weighted by Gasteiger charge is 2.18. The number of nitrogens with one attached hydrogen (secondary N) is 1. The second-order valence-corrected chi connectivity index (χ2v) is 5.13. The first-order chi connectivity index (χ1) is 6.76. The molecule has 0 atom stereocenters. The van der Waals surface area contributed by atoms with Gasteiger partial charge in [0, 0.05) is 49.1 Å². The van der Waals surface area contributed by atoms with Crippen LogP contribution in [0, 0.1) is 0 Å². The summed E-state index contributed by atoms with van der Waals surface area (Å²) in [6.45, 7) is 0.699. The van der Waals surface area contributed by atoms with Gasteiger partial charge in [-0.2, -0.15) is 0 Å². The zero-order chi connectivity index (χ0) is 10.4. The Morgan fingerprint density at radius 1 is 1.36 bits per heavy atom. The van der Waals surface area contributed by atoms with Gasteiger partial charge in [-0.3, -0.25) is 4.21 Å². The third kappa shape index (κ3) is 4.04. The van der Waals surface area contributed by atoms with Crippen molar-refractivity contribution in [3.63, 3.8) is 0 Å². The Balaban J connectivity index is 2.15. The molecule has 0 bridgehead atoms. The van der Waals surface area contributed by atoms with E-state index in [2.05, 4.69) is 5.32 Å². The Hall–Kier alpha value is 0.0300. The van der Waals surface area contributed by atoms with Crippen LogP contribution in [-0.4, -0.2) is 48.8 Å². The van der Waals surface area contributed by atoms with Crippen molar-refractivity contribution in [3.05, 3.63) is 0 Å². The average molecular weight is 221 g/mol. The van der Waals surface area contributed by atoms with Crippen LogP contribution in [0.4, 0.5) is 0 Å². The molecule has 1 aliphatic rings. The maximum atomic E-state index is 11.1. The summed E-state index contributed by atoms with van der Waals surface area (Å²) in [7, 11) is 2.68. The summed E-state index contributed by atoms with van der Waals surface area (Å²) in [5.74, 6) is 1.64. The van der Waals surface area contributed by atoms with Crippen molar-refractivity contribution in [1.29, 1.82) is 0 Å². The fourth-order valence-electron chi connectivity index (χ4n) is 1.52. The van der Waals surface area contributed by atoms with Crippen LogP contribution in [0.5, 0.6) is 0 Å². The highest BCUT2D eigenvalue weighted by atomic mass is 32.2. The zero-order valence-corrected chi connectivity index (χ0v) is 9.64. The maximum Gasteiger partial charge on any atom is 0.169 e. The summed E-state index contributed by atoms with van der Waals surface area (Å²) in [5, 5.41) is 3.36. The molecular formula is C9H19NO3S. The molecule has 1 saturated heterocycles. The maximum absolute atomic E-state index is 11.1. The molecule has 1 rings (SSSR count). The van der Waals surface area contributed by atoms with Gasteiger partial charge in [0.05, 0.1) is 0 Å². The van der Waals surface area contributed by atoms with E-state index >= 15 is 0 Å². The van der Waals surface area contributed by atoms with Crippen molar-refractivity contribution in [2.24, 2.45) is 0 Å². The number of hydrogen-bond acceptors (Lipinski definition) is 4. The van der Waals surface area contributed by atoms with E-state index in [9.17, 15) is 4.21 Å². The Kier molecular flexibility index (Phi) is 5.62. The molecule has 0 aromatic rings. The van der Waals surface area contributed by atoms with Gasteiger partial charge in [0.1, 0.15) is 0 Å². The molecule has 1 heterocycles. The number of ether oxygens (including phenoxy) is 2. The summed E-state index contributed by atoms with van der Waals surface area (Å²) in [6.07, 6.45) is 1.81. The highest BCUT2D eigenvalue weighted by Crippen LogP contribution is 2.09. The summed E-state index contributed by atoms with van der Waals surface area (Å²) in [5.41, 5.74) is 0. The van der Waals surface area contributed by atoms with Gasteiger partial charge in [-0.1, -0.05) is 0 Å². The van der Waals surface area contributed by atoms with E-state index in [1.807, 2.05) is 0 Å². The molecule has 84 valence electrons. The predicted octanol–water partition coefficient (Wildman–Crippen LogP) is 0.106. The smallest absolute Gasteiger partial charge is 0.169 e. The fraction of sp³-hybridized carbons (Fsp3) is 1.00. The van der Waals surface area contributed by atoms with Crippen LogP contribution >= 0.6 is 0 Å². The van der Waals surface area contributed by atoms with Gasteiger partial charge in [0.15, 0.2) is 6.29 Å². The summed E-state index contributed by atoms with van der Waals surface area (Å²) in [4.78, 5) is 0. The average Bonchev–Trinajstić information content (AvgIpc) is 2.22. The molecule has 1 fully saturated rings. The molecule has 1 N–H and O–H groups in total. The lowest BCUT2D eigenvalue weighted by molar-refractivity contribution is -0.0999. The monoisotopic (exact) mass is 221 g/mol. The van der Waals surface area contributed by atoms with Crippen LogP contribution in [0.2, 0.25) is 0 Å². The van der Waals surface area contributed by atoms with E-state index in [0.717, 1.165) is 24.3 Å². The van der Waals surface area contributed by atoms with E-state index in [0.29, 0.717) is 12.6 Å². The van der Waals surface area contributed by atoms with Gasteiger partial charge in [0.25, 0.3) is 0 Å². The first-order valence-electron chi connectivity index (χ1n) is 4.90. The Morgan fingerprint density at radius 3 is 2.43 bits per heavy atom. The fourth-order valence-corrected chi connectivity index (χ4v) is 2.82. The van der Waals surface area contributed by atoms with Gasteiger partial charge in [-0.15, -0.1) is 0 Å². The first kappa shape index (κ1) is 12.1. The number of hydrogen-bond donors (Lipinski definition) is 1. The predicted molar refractivity (Wildman–Crippen MR) is 56.7 cm³/mol. The van der Waals surface area contributed by atoms with Crippen molar-refractivity contribution < 1.29 is 13.7 Å². The molecule has 0 amide bonds. The molecule has 14 heavy (non-hydrogen) atoms. The molecule has 0 aromatic heterocycles. The second kappa shape index (κ2) is 6.50. The van der Waals surface area contributed by atoms with Gasteiger partial charge >= 0.3 is 0 Å². The zero-order valence-electron chi connectivity index (χ0n) is 8.82. The van der Waals surface area contributed by atoms with Crippen molar-refractivity contribution >= 4 is 10.8 Å². The minimum absolute atomic E-state index is 0.178. The van der Waals surface area contributed by atoms with Crippen LogP contribution in [-0.2, 0) is 20.3 Å². The molecule has 0 radical (unpaired) electrons. The topological polar surface area (TPSA) is 47.6 Å². The number of methoxy groups -OCH3 is 2. The molecule has 1 aliphatic heterocycles. The van der Waals surface area contributed by atoms with E-state index in [1.165, 1.54) is 0 Å². The molecular weight excluding hydrogens is 202 g/mol. The van der Waals surface area contributed by atoms with Gasteiger partial charge < -0.3 is 14.8 Å². The van der Waals surface area contributed by atoms with Crippen LogP contribution in [0.25, 0.3) is 0 Å². The van der Waals surface area contributed by atoms with E-state index in [4.69, 9.17) is 9.47 Å². The molecule has 0 aromatic carbocycles. The van der Waals surface area contributed by atoms with Crippen LogP contribution in [0.1, 0.15) is 12.8 Å². The van der Waals surface area contributed by atoms with Crippen molar-refractivity contribution in [2.75, 3.05) is 32.3 Å². The quantitative estimate of drug-likeness (QED) is 0.669. The standard InChI is InChI=1S/C9H19NO3S/c1-12-9(13-2)7-10-8-3-5-14(11)6-4-8/h8-10H,3-7H2,1-2H3. The molecule has 4 nitrogen and oxygen atoms in total. The third-order valence-corrected chi connectivity index (χ3v) is 3.87. The molecule has 0 aliphatic carbocycles.